The number of nitriles is 1. The van der Waals surface area contributed by atoms with E-state index in [1.165, 1.54) is 7.11 Å². The van der Waals surface area contributed by atoms with E-state index in [1.54, 1.807) is 26.0 Å². The number of anilines is 1. The standard InChI is InChI=1S/C14H19N3O2/c1-5-6-14(3,13(18)19-4)17-12-8-11(9-15)7-10(2)16-12/h7-8H,5-6H2,1-4H3,(H,16,17). The summed E-state index contributed by atoms with van der Waals surface area (Å²) in [5.74, 6) is 0.175. The Kier molecular flexibility index (Phi) is 4.87. The number of hydrogen-bond acceptors (Lipinski definition) is 5. The summed E-state index contributed by atoms with van der Waals surface area (Å²) in [6, 6.07) is 5.40. The Bertz CT molecular complexity index is 508. The lowest BCUT2D eigenvalue weighted by molar-refractivity contribution is -0.145. The largest absolute Gasteiger partial charge is 0.467 e. The van der Waals surface area contributed by atoms with Crippen molar-refractivity contribution in [1.82, 2.24) is 4.98 Å². The Labute approximate surface area is 113 Å². The summed E-state index contributed by atoms with van der Waals surface area (Å²) in [4.78, 5) is 16.2. The molecule has 0 aliphatic rings. The molecule has 1 aromatic rings. The van der Waals surface area contributed by atoms with Crippen molar-refractivity contribution < 1.29 is 9.53 Å². The van der Waals surface area contributed by atoms with Crippen LogP contribution in [0.5, 0.6) is 0 Å². The molecule has 5 nitrogen and oxygen atoms in total. The molecule has 1 heterocycles. The molecule has 0 aromatic carbocycles. The number of carbonyl (C=O) groups is 1. The molecule has 0 spiro atoms. The summed E-state index contributed by atoms with van der Waals surface area (Å²) in [6.45, 7) is 5.58. The van der Waals surface area contributed by atoms with E-state index in [2.05, 4.69) is 16.4 Å². The zero-order valence-corrected chi connectivity index (χ0v) is 11.8. The maximum Gasteiger partial charge on any atom is 0.331 e. The average molecular weight is 261 g/mol. The van der Waals surface area contributed by atoms with Crippen LogP contribution in [-0.2, 0) is 9.53 Å². The highest BCUT2D eigenvalue weighted by atomic mass is 16.5. The van der Waals surface area contributed by atoms with Gasteiger partial charge in [-0.2, -0.15) is 5.26 Å². The SMILES string of the molecule is CCCC(C)(Nc1cc(C#N)cc(C)n1)C(=O)OC. The highest BCUT2D eigenvalue weighted by Gasteiger charge is 2.33. The predicted octanol–water partition coefficient (Wildman–Crippen LogP) is 2.41. The van der Waals surface area contributed by atoms with Crippen LogP contribution < -0.4 is 5.32 Å². The van der Waals surface area contributed by atoms with Crippen LogP contribution in [0.3, 0.4) is 0 Å². The van der Waals surface area contributed by atoms with Crippen molar-refractivity contribution in [3.05, 3.63) is 23.4 Å². The van der Waals surface area contributed by atoms with Crippen LogP contribution >= 0.6 is 0 Å². The number of methoxy groups -OCH3 is 1. The minimum Gasteiger partial charge on any atom is -0.467 e. The minimum absolute atomic E-state index is 0.337. The van der Waals surface area contributed by atoms with Crippen molar-refractivity contribution in [2.75, 3.05) is 12.4 Å². The molecule has 0 bridgehead atoms. The first kappa shape index (κ1) is 15.0. The maximum absolute atomic E-state index is 11.9. The summed E-state index contributed by atoms with van der Waals surface area (Å²) < 4.78 is 4.83. The first-order valence-corrected chi connectivity index (χ1v) is 6.20. The van der Waals surface area contributed by atoms with Crippen molar-refractivity contribution in [2.24, 2.45) is 0 Å². The number of esters is 1. The lowest BCUT2D eigenvalue weighted by Gasteiger charge is -2.28. The predicted molar refractivity (Wildman–Crippen MR) is 72.6 cm³/mol. The van der Waals surface area contributed by atoms with Gasteiger partial charge in [0.2, 0.25) is 0 Å². The van der Waals surface area contributed by atoms with Crippen molar-refractivity contribution in [3.8, 4) is 6.07 Å². The molecule has 102 valence electrons. The van der Waals surface area contributed by atoms with E-state index in [0.717, 1.165) is 12.1 Å². The Morgan fingerprint density at radius 3 is 2.79 bits per heavy atom. The second-order valence-corrected chi connectivity index (χ2v) is 4.69. The molecular formula is C14H19N3O2. The zero-order chi connectivity index (χ0) is 14.5. The fraction of sp³-hybridized carbons (Fsp3) is 0.500. The first-order valence-electron chi connectivity index (χ1n) is 6.20. The normalized spacial score (nSPS) is 13.2. The number of nitrogens with one attached hydrogen (secondary N) is 1. The molecule has 0 amide bonds. The van der Waals surface area contributed by atoms with Gasteiger partial charge in [0.1, 0.15) is 11.4 Å². The van der Waals surface area contributed by atoms with Crippen LogP contribution in [0.25, 0.3) is 0 Å². The number of aromatic nitrogens is 1. The van der Waals surface area contributed by atoms with Gasteiger partial charge >= 0.3 is 5.97 Å². The van der Waals surface area contributed by atoms with Crippen LogP contribution in [0.2, 0.25) is 0 Å². The van der Waals surface area contributed by atoms with Crippen LogP contribution in [-0.4, -0.2) is 23.6 Å². The summed E-state index contributed by atoms with van der Waals surface area (Å²) in [7, 11) is 1.36. The first-order chi connectivity index (χ1) is 8.95. The number of ether oxygens (including phenoxy) is 1. The third-order valence-electron chi connectivity index (χ3n) is 2.87. The monoisotopic (exact) mass is 261 g/mol. The van der Waals surface area contributed by atoms with E-state index in [1.807, 2.05) is 6.92 Å². The van der Waals surface area contributed by atoms with Crippen LogP contribution in [0.1, 0.15) is 37.9 Å². The van der Waals surface area contributed by atoms with Crippen molar-refractivity contribution in [2.45, 2.75) is 39.2 Å². The molecule has 5 heteroatoms. The quantitative estimate of drug-likeness (QED) is 0.824. The third-order valence-corrected chi connectivity index (χ3v) is 2.87. The van der Waals surface area contributed by atoms with Crippen LogP contribution in [0, 0.1) is 18.3 Å². The zero-order valence-electron chi connectivity index (χ0n) is 11.8. The van der Waals surface area contributed by atoms with Gasteiger partial charge in [-0.3, -0.25) is 0 Å². The molecule has 1 unspecified atom stereocenters. The molecule has 0 fully saturated rings. The lowest BCUT2D eigenvalue weighted by atomic mass is 9.96. The summed E-state index contributed by atoms with van der Waals surface area (Å²) in [5, 5.41) is 12.0. The molecule has 0 aliphatic carbocycles. The van der Waals surface area contributed by atoms with E-state index >= 15 is 0 Å². The average Bonchev–Trinajstić information content (AvgIpc) is 2.37. The fourth-order valence-electron chi connectivity index (χ4n) is 2.02. The molecule has 1 aromatic heterocycles. The topological polar surface area (TPSA) is 75.0 Å². The number of carbonyl (C=O) groups excluding carboxylic acids is 1. The van der Waals surface area contributed by atoms with Crippen molar-refractivity contribution >= 4 is 11.8 Å². The molecule has 1 rings (SSSR count). The molecule has 0 saturated carbocycles. The molecule has 0 saturated heterocycles. The van der Waals surface area contributed by atoms with E-state index in [9.17, 15) is 4.79 Å². The number of nitrogens with zero attached hydrogens (tertiary/aromatic N) is 2. The number of rotatable bonds is 5. The molecule has 19 heavy (non-hydrogen) atoms. The second-order valence-electron chi connectivity index (χ2n) is 4.69. The Balaban J connectivity index is 3.06. The summed E-state index contributed by atoms with van der Waals surface area (Å²) in [6.07, 6.45) is 1.45. The molecule has 0 radical (unpaired) electrons. The van der Waals surface area contributed by atoms with E-state index in [0.29, 0.717) is 17.8 Å². The molecule has 1 atom stereocenters. The van der Waals surface area contributed by atoms with Crippen molar-refractivity contribution in [3.63, 3.8) is 0 Å². The van der Waals surface area contributed by atoms with E-state index in [4.69, 9.17) is 10.00 Å². The van der Waals surface area contributed by atoms with Crippen molar-refractivity contribution in [1.29, 1.82) is 5.26 Å². The fourth-order valence-corrected chi connectivity index (χ4v) is 2.02. The summed E-state index contributed by atoms with van der Waals surface area (Å²) >= 11 is 0. The van der Waals surface area contributed by atoms with Gasteiger partial charge in [0.05, 0.1) is 18.7 Å². The van der Waals surface area contributed by atoms with Gasteiger partial charge in [-0.1, -0.05) is 13.3 Å². The number of pyridine rings is 1. The highest BCUT2D eigenvalue weighted by molar-refractivity contribution is 5.83. The highest BCUT2D eigenvalue weighted by Crippen LogP contribution is 2.21. The Morgan fingerprint density at radius 2 is 2.26 bits per heavy atom. The van der Waals surface area contributed by atoms with Gasteiger partial charge < -0.3 is 10.1 Å². The number of aryl methyl sites for hydroxylation is 1. The van der Waals surface area contributed by atoms with Crippen LogP contribution in [0.4, 0.5) is 5.82 Å². The van der Waals surface area contributed by atoms with Gasteiger partial charge in [-0.05, 0) is 32.4 Å². The lowest BCUT2D eigenvalue weighted by Crippen LogP contribution is -2.44. The van der Waals surface area contributed by atoms with Gasteiger partial charge in [0.15, 0.2) is 0 Å². The third kappa shape index (κ3) is 3.68. The minimum atomic E-state index is -0.836. The second kappa shape index (κ2) is 6.19. The van der Waals surface area contributed by atoms with E-state index in [-0.39, 0.29) is 5.97 Å². The van der Waals surface area contributed by atoms with Crippen LogP contribution in [0.15, 0.2) is 12.1 Å². The Hall–Kier alpha value is -2.09. The Morgan fingerprint density at radius 1 is 1.58 bits per heavy atom. The molecular weight excluding hydrogens is 242 g/mol. The van der Waals surface area contributed by atoms with Gasteiger partial charge in [0, 0.05) is 5.69 Å². The summed E-state index contributed by atoms with van der Waals surface area (Å²) in [5.41, 5.74) is 0.404. The van der Waals surface area contributed by atoms with E-state index < -0.39 is 5.54 Å². The van der Waals surface area contributed by atoms with Gasteiger partial charge in [-0.25, -0.2) is 9.78 Å². The smallest absolute Gasteiger partial charge is 0.331 e. The number of hydrogen-bond donors (Lipinski definition) is 1. The molecule has 0 aliphatic heterocycles. The van der Waals surface area contributed by atoms with Gasteiger partial charge in [0.25, 0.3) is 0 Å². The van der Waals surface area contributed by atoms with Gasteiger partial charge in [-0.15, -0.1) is 0 Å². The maximum atomic E-state index is 11.9. The molecule has 1 N–H and O–H groups in total.